The summed E-state index contributed by atoms with van der Waals surface area (Å²) in [5.41, 5.74) is 5.10. The van der Waals surface area contributed by atoms with Gasteiger partial charge in [0.25, 0.3) is 0 Å². The van der Waals surface area contributed by atoms with Crippen LogP contribution in [0.5, 0.6) is 0 Å². The summed E-state index contributed by atoms with van der Waals surface area (Å²) in [6.45, 7) is 1.90. The van der Waals surface area contributed by atoms with Crippen LogP contribution in [0, 0.1) is 10.1 Å². The molecular formula is C10H15N5O4S2. The highest BCUT2D eigenvalue weighted by Gasteiger charge is 2.37. The van der Waals surface area contributed by atoms with Crippen LogP contribution in [0.25, 0.3) is 0 Å². The van der Waals surface area contributed by atoms with Crippen molar-refractivity contribution in [1.82, 2.24) is 9.97 Å². The number of nitro groups is 1. The average Bonchev–Trinajstić information content (AvgIpc) is 2.46. The van der Waals surface area contributed by atoms with Gasteiger partial charge in [-0.3, -0.25) is 10.1 Å². The van der Waals surface area contributed by atoms with E-state index in [0.29, 0.717) is 18.1 Å². The number of thioether (sulfide) groups is 1. The maximum Gasteiger partial charge on any atom is 0.353 e. The molecule has 0 radical (unpaired) electrons. The second-order valence-corrected chi connectivity index (χ2v) is 7.96. The van der Waals surface area contributed by atoms with Crippen LogP contribution < -0.4 is 10.6 Å². The topological polar surface area (TPSA) is 132 Å². The van der Waals surface area contributed by atoms with Crippen molar-refractivity contribution < 1.29 is 13.3 Å². The highest BCUT2D eigenvalue weighted by atomic mass is 32.2. The van der Waals surface area contributed by atoms with Crippen molar-refractivity contribution in [3.8, 4) is 0 Å². The van der Waals surface area contributed by atoms with Crippen molar-refractivity contribution in [3.63, 3.8) is 0 Å². The molecule has 116 valence electrons. The number of nitrogens with zero attached hydrogens (tertiary/aromatic N) is 4. The van der Waals surface area contributed by atoms with Gasteiger partial charge in [-0.25, -0.2) is 18.4 Å². The average molecular weight is 333 g/mol. The van der Waals surface area contributed by atoms with E-state index in [1.54, 1.807) is 6.92 Å². The highest BCUT2D eigenvalue weighted by Crippen LogP contribution is 2.34. The van der Waals surface area contributed by atoms with Gasteiger partial charge in [-0.1, -0.05) is 6.92 Å². The molecule has 9 nitrogen and oxygen atoms in total. The number of aromatic nitrogens is 2. The zero-order valence-corrected chi connectivity index (χ0v) is 12.9. The van der Waals surface area contributed by atoms with Crippen molar-refractivity contribution >= 4 is 38.9 Å². The third-order valence-electron chi connectivity index (χ3n) is 3.19. The summed E-state index contributed by atoms with van der Waals surface area (Å²) in [7, 11) is -3.39. The van der Waals surface area contributed by atoms with E-state index >= 15 is 0 Å². The van der Waals surface area contributed by atoms with E-state index in [1.165, 1.54) is 16.7 Å². The quantitative estimate of drug-likeness (QED) is 0.609. The fourth-order valence-electron chi connectivity index (χ4n) is 2.08. The van der Waals surface area contributed by atoms with E-state index in [9.17, 15) is 18.5 Å². The molecule has 0 saturated carbocycles. The molecule has 1 aliphatic rings. The van der Waals surface area contributed by atoms with E-state index in [1.807, 2.05) is 0 Å². The summed E-state index contributed by atoms with van der Waals surface area (Å²) in [6.07, 6.45) is 1.11. The summed E-state index contributed by atoms with van der Waals surface area (Å²) >= 11 is 1.50. The Morgan fingerprint density at radius 3 is 2.90 bits per heavy atom. The molecule has 21 heavy (non-hydrogen) atoms. The number of anilines is 2. The van der Waals surface area contributed by atoms with Gasteiger partial charge in [0, 0.05) is 23.8 Å². The lowest BCUT2D eigenvalue weighted by molar-refractivity contribution is -0.383. The Bertz CT molecular complexity index is 651. The van der Waals surface area contributed by atoms with E-state index in [2.05, 4.69) is 9.97 Å². The van der Waals surface area contributed by atoms with Gasteiger partial charge in [0.2, 0.25) is 11.6 Å². The second kappa shape index (κ2) is 6.02. The Kier molecular flexibility index (Phi) is 4.52. The largest absolute Gasteiger partial charge is 0.378 e. The Morgan fingerprint density at radius 1 is 1.57 bits per heavy atom. The minimum atomic E-state index is -3.39. The molecule has 1 atom stereocenters. The summed E-state index contributed by atoms with van der Waals surface area (Å²) in [5.74, 6) is 0.669. The van der Waals surface area contributed by atoms with Crippen LogP contribution in [-0.2, 0) is 9.84 Å². The van der Waals surface area contributed by atoms with Gasteiger partial charge in [-0.2, -0.15) is 11.8 Å². The van der Waals surface area contributed by atoms with Crippen LogP contribution in [0.4, 0.5) is 17.3 Å². The van der Waals surface area contributed by atoms with Gasteiger partial charge >= 0.3 is 5.69 Å². The number of nitrogens with two attached hydrogens (primary N) is 1. The molecule has 1 fully saturated rings. The number of nitrogen functional groups attached to an aromatic ring is 1. The number of hydrogen-bond acceptors (Lipinski definition) is 9. The minimum absolute atomic E-state index is 0.0326. The van der Waals surface area contributed by atoms with Crippen LogP contribution in [0.2, 0.25) is 0 Å². The normalized spacial score (nSPS) is 19.5. The predicted molar refractivity (Wildman–Crippen MR) is 81.0 cm³/mol. The maximum absolute atomic E-state index is 12.2. The van der Waals surface area contributed by atoms with Crippen molar-refractivity contribution in [3.05, 3.63) is 16.4 Å². The molecule has 1 unspecified atom stereocenters. The number of hydrogen-bond donors (Lipinski definition) is 1. The van der Waals surface area contributed by atoms with E-state index in [4.69, 9.17) is 5.73 Å². The first-order valence-electron chi connectivity index (χ1n) is 6.19. The summed E-state index contributed by atoms with van der Waals surface area (Å²) in [6, 6.07) is 0. The smallest absolute Gasteiger partial charge is 0.353 e. The van der Waals surface area contributed by atoms with E-state index in [0.717, 1.165) is 6.33 Å². The molecular weight excluding hydrogens is 318 g/mol. The van der Waals surface area contributed by atoms with E-state index < -0.39 is 25.8 Å². The Labute approximate surface area is 126 Å². The zero-order chi connectivity index (χ0) is 15.6. The van der Waals surface area contributed by atoms with Crippen molar-refractivity contribution in [2.75, 3.05) is 34.4 Å². The Balaban J connectivity index is 2.53. The van der Waals surface area contributed by atoms with E-state index in [-0.39, 0.29) is 17.4 Å². The SMILES string of the molecule is CCS(=O)(=O)C1CSCCN1c1ncnc(N)c1[N+](=O)[O-]. The second-order valence-electron chi connectivity index (χ2n) is 4.36. The molecule has 0 aliphatic carbocycles. The lowest BCUT2D eigenvalue weighted by Gasteiger charge is -2.35. The maximum atomic E-state index is 12.2. The summed E-state index contributed by atoms with van der Waals surface area (Å²) in [5, 5.41) is 10.3. The third kappa shape index (κ3) is 3.02. The van der Waals surface area contributed by atoms with Crippen LogP contribution >= 0.6 is 11.8 Å². The first kappa shape index (κ1) is 15.8. The van der Waals surface area contributed by atoms with Crippen LogP contribution in [0.15, 0.2) is 6.33 Å². The Hall–Kier alpha value is -1.62. The molecule has 1 saturated heterocycles. The van der Waals surface area contributed by atoms with Gasteiger partial charge in [-0.15, -0.1) is 0 Å². The molecule has 0 bridgehead atoms. The molecule has 0 spiro atoms. The fourth-order valence-corrected chi connectivity index (χ4v) is 5.05. The molecule has 2 heterocycles. The standard InChI is InChI=1S/C10H15N5O4S2/c1-2-21(18,19)7-5-20-4-3-14(7)10-8(15(16)17)9(11)12-6-13-10/h6-7H,2-5H2,1H3,(H2,11,12,13). The van der Waals surface area contributed by atoms with Crippen molar-refractivity contribution in [2.24, 2.45) is 0 Å². The number of rotatable bonds is 4. The van der Waals surface area contributed by atoms with Gasteiger partial charge in [-0.05, 0) is 0 Å². The van der Waals surface area contributed by atoms with Gasteiger partial charge in [0.15, 0.2) is 9.84 Å². The first-order chi connectivity index (χ1) is 9.88. The molecule has 1 aromatic rings. The molecule has 2 N–H and O–H groups in total. The third-order valence-corrected chi connectivity index (χ3v) is 6.48. The Morgan fingerprint density at radius 2 is 2.29 bits per heavy atom. The minimum Gasteiger partial charge on any atom is -0.378 e. The highest BCUT2D eigenvalue weighted by molar-refractivity contribution is 8.01. The fraction of sp³-hybridized carbons (Fsp3) is 0.600. The molecule has 1 aromatic heterocycles. The predicted octanol–water partition coefficient (Wildman–Crippen LogP) is 0.281. The van der Waals surface area contributed by atoms with Crippen LogP contribution in [0.3, 0.4) is 0 Å². The van der Waals surface area contributed by atoms with Gasteiger partial charge in [0.05, 0.1) is 4.92 Å². The number of sulfone groups is 1. The monoisotopic (exact) mass is 333 g/mol. The summed E-state index contributed by atoms with van der Waals surface area (Å²) < 4.78 is 24.4. The summed E-state index contributed by atoms with van der Waals surface area (Å²) in [4.78, 5) is 19.5. The molecule has 0 amide bonds. The van der Waals surface area contributed by atoms with Gasteiger partial charge in [0.1, 0.15) is 11.7 Å². The molecule has 11 heteroatoms. The van der Waals surface area contributed by atoms with Crippen molar-refractivity contribution in [1.29, 1.82) is 0 Å². The lowest BCUT2D eigenvalue weighted by Crippen LogP contribution is -2.48. The first-order valence-corrected chi connectivity index (χ1v) is 9.06. The lowest BCUT2D eigenvalue weighted by atomic mass is 10.3. The molecule has 0 aromatic carbocycles. The molecule has 2 rings (SSSR count). The van der Waals surface area contributed by atoms with Gasteiger partial charge < -0.3 is 10.6 Å². The van der Waals surface area contributed by atoms with Crippen LogP contribution in [-0.4, -0.2) is 52.5 Å². The molecule has 1 aliphatic heterocycles. The van der Waals surface area contributed by atoms with Crippen molar-refractivity contribution in [2.45, 2.75) is 12.3 Å². The zero-order valence-electron chi connectivity index (χ0n) is 11.3. The van der Waals surface area contributed by atoms with Crippen LogP contribution in [0.1, 0.15) is 6.92 Å².